The first-order chi connectivity index (χ1) is 7.23. The van der Waals surface area contributed by atoms with Crippen LogP contribution >= 0.6 is 0 Å². The van der Waals surface area contributed by atoms with Crippen LogP contribution in [0.25, 0.3) is 0 Å². The van der Waals surface area contributed by atoms with Gasteiger partial charge in [-0.15, -0.1) is 0 Å². The van der Waals surface area contributed by atoms with Crippen LogP contribution in [0.2, 0.25) is 0 Å². The van der Waals surface area contributed by atoms with Crippen LogP contribution in [0.15, 0.2) is 0 Å². The maximum absolute atomic E-state index is 11.6. The lowest BCUT2D eigenvalue weighted by Gasteiger charge is -2.12. The minimum atomic E-state index is -3.68. The molecule has 1 aliphatic rings. The molecule has 1 aliphatic heterocycles. The Hall–Kier alpha value is -0.180. The molecule has 0 amide bonds. The molecule has 0 aromatic carbocycles. The lowest BCUT2D eigenvalue weighted by Crippen LogP contribution is -2.35. The molecule has 1 atom stereocenters. The summed E-state index contributed by atoms with van der Waals surface area (Å²) in [5.41, 5.74) is 0. The van der Waals surface area contributed by atoms with Gasteiger partial charge >= 0.3 is 0 Å². The first kappa shape index (κ1) is 13.9. The van der Waals surface area contributed by atoms with E-state index in [1.54, 1.807) is 0 Å². The predicted molar refractivity (Wildman–Crippen MR) is 59.9 cm³/mol. The van der Waals surface area contributed by atoms with Gasteiger partial charge in [-0.25, -0.2) is 16.8 Å². The third-order valence-electron chi connectivity index (χ3n) is 2.22. The smallest absolute Gasteiger partial charge is 0.237 e. The first-order valence-electron chi connectivity index (χ1n) is 5.06. The van der Waals surface area contributed by atoms with Crippen LogP contribution in [0.1, 0.15) is 20.3 Å². The number of sulfonamides is 1. The summed E-state index contributed by atoms with van der Waals surface area (Å²) in [5.74, 6) is -0.175. The molecule has 1 unspecified atom stereocenters. The van der Waals surface area contributed by atoms with E-state index in [4.69, 9.17) is 4.84 Å². The van der Waals surface area contributed by atoms with Gasteiger partial charge in [-0.05, 0) is 12.3 Å². The Labute approximate surface area is 96.3 Å². The molecule has 16 heavy (non-hydrogen) atoms. The van der Waals surface area contributed by atoms with Gasteiger partial charge in [0.25, 0.3) is 0 Å². The molecule has 96 valence electrons. The van der Waals surface area contributed by atoms with Gasteiger partial charge in [0, 0.05) is 0 Å². The molecule has 8 heteroatoms. The van der Waals surface area contributed by atoms with Crippen LogP contribution in [0.3, 0.4) is 0 Å². The Balaban J connectivity index is 2.52. The van der Waals surface area contributed by atoms with E-state index >= 15 is 0 Å². The van der Waals surface area contributed by atoms with Gasteiger partial charge in [-0.1, -0.05) is 18.7 Å². The number of sulfone groups is 1. The summed E-state index contributed by atoms with van der Waals surface area (Å²) in [6.07, 6.45) is 0.142. The molecular formula is C8H17NO5S2. The second-order valence-electron chi connectivity index (χ2n) is 4.36. The quantitative estimate of drug-likeness (QED) is 0.692. The topological polar surface area (TPSA) is 89.5 Å². The molecule has 1 N–H and O–H groups in total. The van der Waals surface area contributed by atoms with Gasteiger partial charge in [0.2, 0.25) is 10.0 Å². The van der Waals surface area contributed by atoms with Crippen LogP contribution in [0.4, 0.5) is 0 Å². The Morgan fingerprint density at radius 3 is 2.50 bits per heavy atom. The molecule has 0 radical (unpaired) electrons. The van der Waals surface area contributed by atoms with Crippen molar-refractivity contribution in [1.82, 2.24) is 4.89 Å². The highest BCUT2D eigenvalue weighted by molar-refractivity contribution is 7.95. The minimum Gasteiger partial charge on any atom is -0.287 e. The number of nitrogens with one attached hydrogen (secondary N) is 1. The molecule has 0 aliphatic carbocycles. The van der Waals surface area contributed by atoms with Gasteiger partial charge in [-0.3, -0.25) is 4.84 Å². The monoisotopic (exact) mass is 271 g/mol. The van der Waals surface area contributed by atoms with Gasteiger partial charge in [0.05, 0.1) is 23.4 Å². The summed E-state index contributed by atoms with van der Waals surface area (Å²) in [7, 11) is -6.87. The van der Waals surface area contributed by atoms with E-state index in [0.717, 1.165) is 0 Å². The zero-order valence-corrected chi connectivity index (χ0v) is 11.0. The largest absolute Gasteiger partial charge is 0.287 e. The normalized spacial score (nSPS) is 25.1. The van der Waals surface area contributed by atoms with E-state index in [2.05, 4.69) is 0 Å². The Morgan fingerprint density at radius 2 is 2.06 bits per heavy atom. The average Bonchev–Trinajstić information content (AvgIpc) is 2.45. The summed E-state index contributed by atoms with van der Waals surface area (Å²) in [5, 5.41) is -0.885. The van der Waals surface area contributed by atoms with E-state index in [0.29, 0.717) is 0 Å². The van der Waals surface area contributed by atoms with Crippen molar-refractivity contribution in [3.8, 4) is 0 Å². The Morgan fingerprint density at radius 1 is 1.44 bits per heavy atom. The summed E-state index contributed by atoms with van der Waals surface area (Å²) in [6.45, 7) is 4.03. The zero-order valence-electron chi connectivity index (χ0n) is 9.34. The van der Waals surface area contributed by atoms with Crippen LogP contribution in [-0.2, 0) is 24.7 Å². The highest BCUT2D eigenvalue weighted by Crippen LogP contribution is 2.18. The van der Waals surface area contributed by atoms with E-state index in [9.17, 15) is 16.8 Å². The lowest BCUT2D eigenvalue weighted by molar-refractivity contribution is 0.0713. The number of hydrogen-bond acceptors (Lipinski definition) is 5. The van der Waals surface area contributed by atoms with Gasteiger partial charge in [-0.2, -0.15) is 0 Å². The van der Waals surface area contributed by atoms with Crippen molar-refractivity contribution in [1.29, 1.82) is 0 Å². The molecule has 0 spiro atoms. The fourth-order valence-corrected chi connectivity index (χ4v) is 5.18. The van der Waals surface area contributed by atoms with Crippen molar-refractivity contribution < 1.29 is 21.7 Å². The summed E-state index contributed by atoms with van der Waals surface area (Å²) >= 11 is 0. The third kappa shape index (κ3) is 4.00. The first-order valence-corrected chi connectivity index (χ1v) is 8.42. The molecule has 1 rings (SSSR count). The highest BCUT2D eigenvalue weighted by Gasteiger charge is 2.37. The van der Waals surface area contributed by atoms with Crippen LogP contribution in [0, 0.1) is 5.92 Å². The molecule has 1 heterocycles. The SMILES string of the molecule is CC(C)CONS(=O)(=O)C1CCS(=O)(=O)C1. The molecule has 0 saturated carbocycles. The van der Waals surface area contributed by atoms with Crippen molar-refractivity contribution in [3.05, 3.63) is 0 Å². The molecule has 0 aromatic heterocycles. The van der Waals surface area contributed by atoms with Crippen molar-refractivity contribution >= 4 is 19.9 Å². The predicted octanol–water partition coefficient (Wildman–Crippen LogP) is -0.319. The Kier molecular flexibility index (Phi) is 4.33. The van der Waals surface area contributed by atoms with Crippen molar-refractivity contribution in [3.63, 3.8) is 0 Å². The van der Waals surface area contributed by atoms with Gasteiger partial charge in [0.15, 0.2) is 9.84 Å². The summed E-state index contributed by atoms with van der Waals surface area (Å²) in [4.78, 5) is 6.79. The van der Waals surface area contributed by atoms with Crippen molar-refractivity contribution in [2.24, 2.45) is 5.92 Å². The number of rotatable bonds is 5. The standard InChI is InChI=1S/C8H17NO5S2/c1-7(2)5-14-9-16(12,13)8-3-4-15(10,11)6-8/h7-9H,3-6H2,1-2H3. The van der Waals surface area contributed by atoms with Crippen LogP contribution < -0.4 is 4.89 Å². The van der Waals surface area contributed by atoms with Crippen molar-refractivity contribution in [2.45, 2.75) is 25.5 Å². The van der Waals surface area contributed by atoms with Crippen LogP contribution in [-0.4, -0.2) is 40.2 Å². The van der Waals surface area contributed by atoms with E-state index < -0.39 is 25.1 Å². The summed E-state index contributed by atoms with van der Waals surface area (Å²) in [6, 6.07) is 0. The van der Waals surface area contributed by atoms with Crippen LogP contribution in [0.5, 0.6) is 0 Å². The Bertz CT molecular complexity index is 425. The molecule has 0 aromatic rings. The van der Waals surface area contributed by atoms with Gasteiger partial charge < -0.3 is 0 Å². The van der Waals surface area contributed by atoms with Gasteiger partial charge in [0.1, 0.15) is 0 Å². The van der Waals surface area contributed by atoms with Crippen molar-refractivity contribution in [2.75, 3.05) is 18.1 Å². The van der Waals surface area contributed by atoms with E-state index in [1.165, 1.54) is 0 Å². The summed E-state index contributed by atoms with van der Waals surface area (Å²) < 4.78 is 45.5. The van der Waals surface area contributed by atoms with E-state index in [1.807, 2.05) is 18.7 Å². The maximum atomic E-state index is 11.6. The fraction of sp³-hybridized carbons (Fsp3) is 1.00. The minimum absolute atomic E-state index is 0.0667. The molecule has 6 nitrogen and oxygen atoms in total. The molecule has 1 fully saturated rings. The maximum Gasteiger partial charge on any atom is 0.237 e. The highest BCUT2D eigenvalue weighted by atomic mass is 32.2. The second-order valence-corrected chi connectivity index (χ2v) is 8.51. The average molecular weight is 271 g/mol. The number of hydrogen-bond donors (Lipinski definition) is 1. The third-order valence-corrected chi connectivity index (χ3v) is 5.83. The molecule has 1 saturated heterocycles. The second kappa shape index (κ2) is 4.99. The fourth-order valence-electron chi connectivity index (χ4n) is 1.36. The molecular weight excluding hydrogens is 254 g/mol. The molecule has 0 bridgehead atoms. The lowest BCUT2D eigenvalue weighted by atomic mass is 10.2. The van der Waals surface area contributed by atoms with E-state index in [-0.39, 0.29) is 30.5 Å². The zero-order chi connectivity index (χ0) is 12.4.